The first-order valence-electron chi connectivity index (χ1n) is 21.0. The molecule has 0 saturated carbocycles. The Morgan fingerprint density at radius 2 is 0.729 bits per heavy atom. The average molecular weight is 615 g/mol. The molecular weight excluding hydrogens is 577 g/mol. The summed E-state index contributed by atoms with van der Waals surface area (Å²) in [5, 5.41) is 11.3. The van der Waals surface area contributed by atoms with E-state index in [9.17, 15) is 9.60 Å². The Bertz CT molecular complexity index is 3600. The Hall–Kier alpha value is -6.24. The van der Waals surface area contributed by atoms with E-state index in [-0.39, 0.29) is 51.2 Å². The molecule has 0 saturated heterocycles. The van der Waals surface area contributed by atoms with Gasteiger partial charge >= 0.3 is 0 Å². The van der Waals surface area contributed by atoms with E-state index < -0.39 is 42.3 Å². The van der Waals surface area contributed by atoms with E-state index in [0.29, 0.717) is 11.1 Å². The Kier molecular flexibility index (Phi) is 3.65. The Morgan fingerprint density at radius 3 is 1.33 bits per heavy atom. The van der Waals surface area contributed by atoms with Crippen LogP contribution >= 0.6 is 0 Å². The maximum Gasteiger partial charge on any atom is 0.0636 e. The molecule has 0 atom stereocenters. The van der Waals surface area contributed by atoms with Crippen molar-refractivity contribution < 1.29 is 13.7 Å². The largest absolute Gasteiger partial charge is 0.0636 e. The van der Waals surface area contributed by atoms with Crippen LogP contribution in [0, 0.1) is 0 Å². The zero-order valence-electron chi connectivity index (χ0n) is 35.4. The van der Waals surface area contributed by atoms with Crippen molar-refractivity contribution in [1.29, 1.82) is 0 Å². The highest BCUT2D eigenvalue weighted by molar-refractivity contribution is 6.27. The third kappa shape index (κ3) is 3.55. The second-order valence-corrected chi connectivity index (χ2v) is 12.4. The van der Waals surface area contributed by atoms with Crippen molar-refractivity contribution in [2.75, 3.05) is 0 Å². The summed E-state index contributed by atoms with van der Waals surface area (Å²) in [5.74, 6) is 0. The van der Waals surface area contributed by atoms with Gasteiger partial charge in [0, 0.05) is 0 Å². The molecule has 0 nitrogen and oxygen atoms in total. The topological polar surface area (TPSA) is 0 Å². The lowest BCUT2D eigenvalue weighted by Gasteiger charge is -2.17. The van der Waals surface area contributed by atoms with E-state index in [1.807, 2.05) is 91.0 Å². The molecular formula is C48H28. The van der Waals surface area contributed by atoms with Gasteiger partial charge in [0.15, 0.2) is 0 Å². The maximum absolute atomic E-state index is 9.78. The van der Waals surface area contributed by atoms with Gasteiger partial charge in [0.1, 0.15) is 0 Å². The highest BCUT2D eigenvalue weighted by Gasteiger charge is 2.17. The van der Waals surface area contributed by atoms with E-state index in [2.05, 4.69) is 12.1 Å². The Balaban J connectivity index is 1.27. The molecule has 0 spiro atoms. The minimum absolute atomic E-state index is 0.0124. The van der Waals surface area contributed by atoms with Crippen LogP contribution in [0.25, 0.3) is 109 Å². The lowest BCUT2D eigenvalue weighted by atomic mass is 9.86. The SMILES string of the molecule is [2H]c1c([2H])c(-c2ccc3ccc4cccc5ccc2c3c45)c([2H])c(-c2c([2H])c([2H])c(-c3ccc4ccc5cccc6ccc3c4c56)c3c([2H])c([2H])c([2H])c([2H])c23)c1[2H]. The standard InChI is InChI=1S/C48H28/c1-2-13-40-39(12-1)37(26-27-41(40)42-23-19-34-17-15-30-7-4-9-32-21-25-44(42)48(34)46(30)32)35-10-5-11-36(28-35)38-22-18-33-16-14-29-6-3-8-31-20-24-43(38)47(33)45(29)31/h1-28H/i1D,2D,5D,10D,11D,12D,13D,26D,27D,28D. The summed E-state index contributed by atoms with van der Waals surface area (Å²) in [6.45, 7) is 0. The van der Waals surface area contributed by atoms with E-state index in [0.717, 1.165) is 64.6 Å². The molecule has 0 heterocycles. The average Bonchev–Trinajstić information content (AvgIpc) is 3.24. The molecule has 11 aromatic carbocycles. The third-order valence-electron chi connectivity index (χ3n) is 9.97. The summed E-state index contributed by atoms with van der Waals surface area (Å²) in [7, 11) is 0. The van der Waals surface area contributed by atoms with Crippen molar-refractivity contribution in [3.05, 3.63) is 170 Å². The molecule has 0 heteroatoms. The van der Waals surface area contributed by atoms with Crippen molar-refractivity contribution in [3.8, 4) is 33.4 Å². The number of benzene rings is 11. The van der Waals surface area contributed by atoms with Gasteiger partial charge in [-0.25, -0.2) is 0 Å². The summed E-state index contributed by atoms with van der Waals surface area (Å²) >= 11 is 0. The lowest BCUT2D eigenvalue weighted by Crippen LogP contribution is -1.90. The van der Waals surface area contributed by atoms with Crippen LogP contribution in [-0.4, -0.2) is 0 Å². The maximum atomic E-state index is 9.78. The molecule has 0 aliphatic heterocycles. The predicted octanol–water partition coefficient (Wildman–Crippen LogP) is 13.6. The van der Waals surface area contributed by atoms with Crippen LogP contribution in [0.3, 0.4) is 0 Å². The first kappa shape index (κ1) is 18.2. The minimum Gasteiger partial charge on any atom is -0.0616 e. The van der Waals surface area contributed by atoms with Crippen LogP contribution in [0.2, 0.25) is 0 Å². The highest BCUT2D eigenvalue weighted by atomic mass is 14.2. The van der Waals surface area contributed by atoms with Gasteiger partial charge in [-0.15, -0.1) is 0 Å². The molecule has 220 valence electrons. The minimum atomic E-state index is -0.564. The molecule has 0 radical (unpaired) electrons. The van der Waals surface area contributed by atoms with E-state index in [4.69, 9.17) is 4.11 Å². The van der Waals surface area contributed by atoms with Gasteiger partial charge in [-0.3, -0.25) is 0 Å². The van der Waals surface area contributed by atoms with E-state index in [1.54, 1.807) is 6.07 Å². The predicted molar refractivity (Wildman–Crippen MR) is 208 cm³/mol. The molecule has 0 aliphatic rings. The van der Waals surface area contributed by atoms with Gasteiger partial charge in [0.25, 0.3) is 0 Å². The summed E-state index contributed by atoms with van der Waals surface area (Å²) < 4.78 is 92.8. The van der Waals surface area contributed by atoms with Crippen molar-refractivity contribution in [3.63, 3.8) is 0 Å². The molecule has 11 aromatic rings. The van der Waals surface area contributed by atoms with Gasteiger partial charge in [-0.1, -0.05) is 164 Å². The third-order valence-corrected chi connectivity index (χ3v) is 9.97. The van der Waals surface area contributed by atoms with Crippen LogP contribution in [0.1, 0.15) is 13.7 Å². The molecule has 0 fully saturated rings. The Morgan fingerprint density at radius 1 is 0.292 bits per heavy atom. The van der Waals surface area contributed by atoms with Gasteiger partial charge < -0.3 is 0 Å². The quantitative estimate of drug-likeness (QED) is 0.174. The molecule has 0 N–H and O–H groups in total. The monoisotopic (exact) mass is 614 g/mol. The smallest absolute Gasteiger partial charge is 0.0616 e. The highest BCUT2D eigenvalue weighted by Crippen LogP contribution is 2.44. The second kappa shape index (κ2) is 9.64. The first-order chi connectivity index (χ1) is 28.0. The summed E-state index contributed by atoms with van der Waals surface area (Å²) in [5.41, 5.74) is 0.754. The molecule has 48 heavy (non-hydrogen) atoms. The van der Waals surface area contributed by atoms with Gasteiger partial charge in [0.2, 0.25) is 0 Å². The molecule has 0 aliphatic carbocycles. The number of rotatable bonds is 3. The first-order valence-corrected chi connectivity index (χ1v) is 16.0. The number of hydrogen-bond donors (Lipinski definition) is 0. The van der Waals surface area contributed by atoms with Crippen LogP contribution in [0.5, 0.6) is 0 Å². The second-order valence-electron chi connectivity index (χ2n) is 12.4. The normalized spacial score (nSPS) is 15.1. The van der Waals surface area contributed by atoms with Crippen molar-refractivity contribution >= 4 is 75.4 Å². The van der Waals surface area contributed by atoms with Crippen molar-refractivity contribution in [1.82, 2.24) is 0 Å². The van der Waals surface area contributed by atoms with Crippen LogP contribution in [0.15, 0.2) is 170 Å². The zero-order chi connectivity index (χ0) is 40.0. The van der Waals surface area contributed by atoms with Gasteiger partial charge in [-0.05, 0) is 115 Å². The van der Waals surface area contributed by atoms with Crippen molar-refractivity contribution in [2.24, 2.45) is 0 Å². The van der Waals surface area contributed by atoms with Crippen LogP contribution in [0.4, 0.5) is 0 Å². The van der Waals surface area contributed by atoms with Crippen molar-refractivity contribution in [2.45, 2.75) is 0 Å². The molecule has 0 bridgehead atoms. The molecule has 0 amide bonds. The number of fused-ring (bicyclic) bond motifs is 1. The van der Waals surface area contributed by atoms with E-state index in [1.165, 1.54) is 0 Å². The van der Waals surface area contributed by atoms with Crippen LogP contribution in [-0.2, 0) is 0 Å². The molecule has 0 aromatic heterocycles. The van der Waals surface area contributed by atoms with Crippen LogP contribution < -0.4 is 0 Å². The fourth-order valence-electron chi connectivity index (χ4n) is 7.84. The van der Waals surface area contributed by atoms with E-state index >= 15 is 0 Å². The number of hydrogen-bond acceptors (Lipinski definition) is 0. The Labute approximate surface area is 291 Å². The fraction of sp³-hybridized carbons (Fsp3) is 0. The molecule has 0 unspecified atom stereocenters. The molecule has 11 rings (SSSR count). The van der Waals surface area contributed by atoms with Gasteiger partial charge in [-0.2, -0.15) is 0 Å². The summed E-state index contributed by atoms with van der Waals surface area (Å²) in [4.78, 5) is 0. The lowest BCUT2D eigenvalue weighted by molar-refractivity contribution is 1.62. The zero-order valence-corrected chi connectivity index (χ0v) is 25.4. The summed E-state index contributed by atoms with van der Waals surface area (Å²) in [6.07, 6.45) is 0. The fourth-order valence-corrected chi connectivity index (χ4v) is 7.84. The van der Waals surface area contributed by atoms with Gasteiger partial charge in [0.05, 0.1) is 13.7 Å². The summed E-state index contributed by atoms with van der Waals surface area (Å²) in [6, 6.07) is 31.1.